The first kappa shape index (κ1) is 23.0. The summed E-state index contributed by atoms with van der Waals surface area (Å²) >= 11 is 3.48. The lowest BCUT2D eigenvalue weighted by molar-refractivity contribution is -0.140. The van der Waals surface area contributed by atoms with Crippen LogP contribution in [0.4, 0.5) is 0 Å². The van der Waals surface area contributed by atoms with Crippen LogP contribution < -0.4 is 4.74 Å². The number of carbonyl (C=O) groups excluding carboxylic acids is 2. The normalized spacial score (nSPS) is 22.8. The van der Waals surface area contributed by atoms with Gasteiger partial charge in [-0.25, -0.2) is 0 Å². The molecule has 0 aromatic heterocycles. The summed E-state index contributed by atoms with van der Waals surface area (Å²) < 4.78 is 12.3. The highest BCUT2D eigenvalue weighted by Gasteiger charge is 2.35. The molecule has 0 bridgehead atoms. The van der Waals surface area contributed by atoms with E-state index in [1.165, 1.54) is 0 Å². The van der Waals surface area contributed by atoms with Gasteiger partial charge in [-0.15, -0.1) is 0 Å². The number of methoxy groups -OCH3 is 1. The van der Waals surface area contributed by atoms with Crippen molar-refractivity contribution in [3.8, 4) is 5.75 Å². The van der Waals surface area contributed by atoms with Crippen molar-refractivity contribution in [2.75, 3.05) is 60.0 Å². The minimum Gasteiger partial charge on any atom is -0.490 e. The molecule has 8 heteroatoms. The molecule has 2 aliphatic rings. The molecule has 2 fully saturated rings. The molecule has 1 aromatic rings. The quantitative estimate of drug-likeness (QED) is 0.597. The first-order valence-corrected chi connectivity index (χ1v) is 11.4. The number of hydrogen-bond donors (Lipinski definition) is 0. The van der Waals surface area contributed by atoms with E-state index in [0.29, 0.717) is 39.0 Å². The van der Waals surface area contributed by atoms with Crippen LogP contribution in [0.25, 0.3) is 0 Å². The summed E-state index contributed by atoms with van der Waals surface area (Å²) in [5.41, 5.74) is 0. The predicted molar refractivity (Wildman–Crippen MR) is 118 cm³/mol. The molecule has 0 unspecified atom stereocenters. The van der Waals surface area contributed by atoms with Crippen LogP contribution in [0.15, 0.2) is 28.7 Å². The van der Waals surface area contributed by atoms with Gasteiger partial charge in [-0.05, 0) is 25.2 Å². The average Bonchev–Trinajstić information content (AvgIpc) is 2.73. The number of amides is 2. The Hall–Kier alpha value is -1.64. The fourth-order valence-corrected chi connectivity index (χ4v) is 4.44. The number of halogens is 1. The Balaban J connectivity index is 1.67. The van der Waals surface area contributed by atoms with Crippen LogP contribution in [-0.2, 0) is 14.3 Å². The van der Waals surface area contributed by atoms with Gasteiger partial charge in [0.05, 0.1) is 13.0 Å². The number of likely N-dealkylation sites (tertiary alicyclic amines) is 1. The Kier molecular flexibility index (Phi) is 8.53. The molecule has 30 heavy (non-hydrogen) atoms. The van der Waals surface area contributed by atoms with Crippen molar-refractivity contribution in [1.29, 1.82) is 0 Å². The number of ether oxygens (including phenoxy) is 2. The maximum Gasteiger partial charge on any atom is 0.224 e. The molecule has 2 amide bonds. The number of carbonyl (C=O) groups is 2. The highest BCUT2D eigenvalue weighted by Crippen LogP contribution is 2.28. The van der Waals surface area contributed by atoms with Crippen LogP contribution in [0.3, 0.4) is 0 Å². The van der Waals surface area contributed by atoms with Crippen LogP contribution in [-0.4, -0.2) is 92.7 Å². The van der Waals surface area contributed by atoms with E-state index in [9.17, 15) is 9.59 Å². The van der Waals surface area contributed by atoms with Crippen molar-refractivity contribution < 1.29 is 19.1 Å². The Morgan fingerprint density at radius 2 is 1.87 bits per heavy atom. The molecular weight excluding hydrogens is 450 g/mol. The maximum absolute atomic E-state index is 13.0. The summed E-state index contributed by atoms with van der Waals surface area (Å²) in [5, 5.41) is 0. The van der Waals surface area contributed by atoms with Crippen LogP contribution in [0.2, 0.25) is 0 Å². The van der Waals surface area contributed by atoms with Gasteiger partial charge in [0, 0.05) is 69.6 Å². The second-order valence-electron chi connectivity index (χ2n) is 8.13. The molecule has 0 spiro atoms. The van der Waals surface area contributed by atoms with Crippen LogP contribution in [0.5, 0.6) is 5.75 Å². The number of nitrogens with zero attached hydrogens (tertiary/aromatic N) is 3. The number of hydrogen-bond acceptors (Lipinski definition) is 5. The molecule has 0 radical (unpaired) electrons. The summed E-state index contributed by atoms with van der Waals surface area (Å²) in [6, 6.07) is 7.77. The Morgan fingerprint density at radius 3 is 2.57 bits per heavy atom. The van der Waals surface area contributed by atoms with Gasteiger partial charge in [0.1, 0.15) is 11.9 Å². The van der Waals surface area contributed by atoms with E-state index in [2.05, 4.69) is 27.9 Å². The summed E-state index contributed by atoms with van der Waals surface area (Å²) in [6.07, 6.45) is 1.39. The standard InChI is InChI=1S/C22H32BrN3O4/c1-24-9-11-25(12-10-24)22(28)14-17-16-26(21(27)7-13-29-2)8-6-20(17)30-19-5-3-4-18(23)15-19/h3-5,15,17,20H,6-14,16H2,1-2H3/t17-,20-/m0/s1. The van der Waals surface area contributed by atoms with Gasteiger partial charge in [0.15, 0.2) is 0 Å². The monoisotopic (exact) mass is 481 g/mol. The van der Waals surface area contributed by atoms with Gasteiger partial charge < -0.3 is 24.2 Å². The van der Waals surface area contributed by atoms with Crippen molar-refractivity contribution in [1.82, 2.24) is 14.7 Å². The first-order chi connectivity index (χ1) is 14.5. The zero-order valence-electron chi connectivity index (χ0n) is 17.9. The minimum atomic E-state index is -0.0952. The second kappa shape index (κ2) is 11.1. The molecule has 1 aromatic carbocycles. The third-order valence-electron chi connectivity index (χ3n) is 5.91. The van der Waals surface area contributed by atoms with Crippen LogP contribution in [0, 0.1) is 5.92 Å². The first-order valence-electron chi connectivity index (χ1n) is 10.6. The summed E-state index contributed by atoms with van der Waals surface area (Å²) in [4.78, 5) is 31.6. The largest absolute Gasteiger partial charge is 0.490 e. The van der Waals surface area contributed by atoms with Gasteiger partial charge in [-0.1, -0.05) is 22.0 Å². The van der Waals surface area contributed by atoms with Crippen molar-refractivity contribution >= 4 is 27.7 Å². The van der Waals surface area contributed by atoms with Gasteiger partial charge >= 0.3 is 0 Å². The smallest absolute Gasteiger partial charge is 0.224 e. The molecule has 166 valence electrons. The molecule has 2 heterocycles. The molecule has 0 saturated carbocycles. The van der Waals surface area contributed by atoms with E-state index in [4.69, 9.17) is 9.47 Å². The number of benzene rings is 1. The lowest BCUT2D eigenvalue weighted by Gasteiger charge is -2.40. The molecule has 3 rings (SSSR count). The van der Waals surface area contributed by atoms with Crippen molar-refractivity contribution in [2.45, 2.75) is 25.4 Å². The Bertz CT molecular complexity index is 724. The fraction of sp³-hybridized carbons (Fsp3) is 0.636. The topological polar surface area (TPSA) is 62.3 Å². The molecule has 2 saturated heterocycles. The van der Waals surface area contributed by atoms with Crippen molar-refractivity contribution in [3.05, 3.63) is 28.7 Å². The third-order valence-corrected chi connectivity index (χ3v) is 6.41. The molecule has 2 atom stereocenters. The zero-order chi connectivity index (χ0) is 21.5. The SMILES string of the molecule is COCCC(=O)N1CC[C@H](Oc2cccc(Br)c2)[C@@H](CC(=O)N2CCN(C)CC2)C1. The summed E-state index contributed by atoms with van der Waals surface area (Å²) in [6.45, 7) is 4.91. The number of rotatable bonds is 7. The number of likely N-dealkylation sites (N-methyl/N-ethyl adjacent to an activating group) is 1. The highest BCUT2D eigenvalue weighted by atomic mass is 79.9. The van der Waals surface area contributed by atoms with Crippen LogP contribution >= 0.6 is 15.9 Å². The Labute approximate surface area is 187 Å². The van der Waals surface area contributed by atoms with E-state index >= 15 is 0 Å². The molecule has 0 N–H and O–H groups in total. The average molecular weight is 482 g/mol. The van der Waals surface area contributed by atoms with E-state index in [1.54, 1.807) is 7.11 Å². The van der Waals surface area contributed by atoms with Crippen molar-refractivity contribution in [2.24, 2.45) is 5.92 Å². The van der Waals surface area contributed by atoms with E-state index in [1.807, 2.05) is 34.1 Å². The maximum atomic E-state index is 13.0. The van der Waals surface area contributed by atoms with E-state index in [-0.39, 0.29) is 23.8 Å². The lowest BCUT2D eigenvalue weighted by Crippen LogP contribution is -2.51. The predicted octanol–water partition coefficient (Wildman–Crippen LogP) is 2.25. The molecule has 7 nitrogen and oxygen atoms in total. The zero-order valence-corrected chi connectivity index (χ0v) is 19.5. The van der Waals surface area contributed by atoms with Gasteiger partial charge in [-0.2, -0.15) is 0 Å². The molecule has 0 aliphatic carbocycles. The van der Waals surface area contributed by atoms with E-state index in [0.717, 1.165) is 36.4 Å². The Morgan fingerprint density at radius 1 is 1.10 bits per heavy atom. The lowest BCUT2D eigenvalue weighted by atomic mass is 9.90. The van der Waals surface area contributed by atoms with Gasteiger partial charge in [0.25, 0.3) is 0 Å². The second-order valence-corrected chi connectivity index (χ2v) is 9.05. The van der Waals surface area contributed by atoms with Gasteiger partial charge in [0.2, 0.25) is 11.8 Å². The third kappa shape index (κ3) is 6.43. The van der Waals surface area contributed by atoms with E-state index < -0.39 is 0 Å². The summed E-state index contributed by atoms with van der Waals surface area (Å²) in [7, 11) is 3.68. The number of piperazine rings is 1. The number of piperidine rings is 1. The van der Waals surface area contributed by atoms with Crippen LogP contribution in [0.1, 0.15) is 19.3 Å². The fourth-order valence-electron chi connectivity index (χ4n) is 4.06. The molecule has 2 aliphatic heterocycles. The van der Waals surface area contributed by atoms with Gasteiger partial charge in [-0.3, -0.25) is 9.59 Å². The van der Waals surface area contributed by atoms with Crippen molar-refractivity contribution in [3.63, 3.8) is 0 Å². The highest BCUT2D eigenvalue weighted by molar-refractivity contribution is 9.10. The minimum absolute atomic E-state index is 0.0311. The summed E-state index contributed by atoms with van der Waals surface area (Å²) in [5.74, 6) is 0.985. The molecular formula is C22H32BrN3O4.